The van der Waals surface area contributed by atoms with Gasteiger partial charge >= 0.3 is 5.97 Å². The van der Waals surface area contributed by atoms with Crippen LogP contribution in [0.4, 0.5) is 0 Å². The van der Waals surface area contributed by atoms with Crippen LogP contribution in [-0.4, -0.2) is 22.0 Å². The van der Waals surface area contributed by atoms with Crippen molar-refractivity contribution in [3.63, 3.8) is 0 Å². The number of aromatic carboxylic acids is 1. The number of rotatable bonds is 3. The number of nitrogens with one attached hydrogen (secondary N) is 1. The Morgan fingerprint density at radius 2 is 1.87 bits per heavy atom. The molecule has 0 bridgehead atoms. The maximum absolute atomic E-state index is 12.4. The van der Waals surface area contributed by atoms with Gasteiger partial charge in [0.1, 0.15) is 5.69 Å². The van der Waals surface area contributed by atoms with Crippen molar-refractivity contribution >= 4 is 11.9 Å². The molecule has 0 saturated heterocycles. The standard InChI is InChI=1S/C18H18N2O3/c1-11-6-8-15(14-5-3-2-4-13(11)14)20-17(21)12-7-9-16(18(22)23)19-10-12/h2-5,7,9-11,15H,6,8H2,1H3,(H,20,21)(H,22,23). The lowest BCUT2D eigenvalue weighted by Gasteiger charge is -2.30. The highest BCUT2D eigenvalue weighted by Gasteiger charge is 2.25. The Labute approximate surface area is 134 Å². The first-order valence-electron chi connectivity index (χ1n) is 7.65. The molecule has 0 spiro atoms. The summed E-state index contributed by atoms with van der Waals surface area (Å²) in [6.45, 7) is 2.20. The van der Waals surface area contributed by atoms with Gasteiger partial charge in [-0.05, 0) is 42.0 Å². The summed E-state index contributed by atoms with van der Waals surface area (Å²) in [5, 5.41) is 11.9. The Kier molecular flexibility index (Phi) is 4.10. The van der Waals surface area contributed by atoms with Crippen LogP contribution in [0.15, 0.2) is 42.6 Å². The Morgan fingerprint density at radius 3 is 2.52 bits per heavy atom. The van der Waals surface area contributed by atoms with Crippen molar-refractivity contribution in [1.82, 2.24) is 10.3 Å². The molecule has 3 rings (SSSR count). The topological polar surface area (TPSA) is 79.3 Å². The van der Waals surface area contributed by atoms with Gasteiger partial charge < -0.3 is 10.4 Å². The number of nitrogens with zero attached hydrogens (tertiary/aromatic N) is 1. The second kappa shape index (κ2) is 6.20. The average molecular weight is 310 g/mol. The normalized spacial score (nSPS) is 19.7. The monoisotopic (exact) mass is 310 g/mol. The first kappa shape index (κ1) is 15.2. The van der Waals surface area contributed by atoms with Gasteiger partial charge in [0.05, 0.1) is 11.6 Å². The molecule has 1 aliphatic rings. The number of pyridine rings is 1. The summed E-state index contributed by atoms with van der Waals surface area (Å²) >= 11 is 0. The predicted molar refractivity (Wildman–Crippen MR) is 85.5 cm³/mol. The quantitative estimate of drug-likeness (QED) is 0.912. The van der Waals surface area contributed by atoms with Crippen LogP contribution in [0.3, 0.4) is 0 Å². The molecule has 23 heavy (non-hydrogen) atoms. The van der Waals surface area contributed by atoms with Gasteiger partial charge in [-0.1, -0.05) is 31.2 Å². The lowest BCUT2D eigenvalue weighted by Crippen LogP contribution is -2.31. The molecule has 1 aromatic carbocycles. The summed E-state index contributed by atoms with van der Waals surface area (Å²) in [4.78, 5) is 27.0. The summed E-state index contributed by atoms with van der Waals surface area (Å²) in [5.74, 6) is -0.841. The average Bonchev–Trinajstić information content (AvgIpc) is 2.57. The molecule has 1 aliphatic carbocycles. The molecule has 0 aliphatic heterocycles. The smallest absolute Gasteiger partial charge is 0.354 e. The number of aromatic nitrogens is 1. The van der Waals surface area contributed by atoms with Crippen molar-refractivity contribution in [2.24, 2.45) is 0 Å². The molecular formula is C18H18N2O3. The number of carbonyl (C=O) groups excluding carboxylic acids is 1. The van der Waals surface area contributed by atoms with Gasteiger partial charge in [-0.3, -0.25) is 4.79 Å². The Hall–Kier alpha value is -2.69. The fourth-order valence-corrected chi connectivity index (χ4v) is 3.05. The summed E-state index contributed by atoms with van der Waals surface area (Å²) in [5.41, 5.74) is 2.74. The molecule has 0 radical (unpaired) electrons. The molecule has 2 unspecified atom stereocenters. The maximum atomic E-state index is 12.4. The largest absolute Gasteiger partial charge is 0.477 e. The minimum Gasteiger partial charge on any atom is -0.477 e. The van der Waals surface area contributed by atoms with Crippen molar-refractivity contribution in [2.45, 2.75) is 31.7 Å². The number of fused-ring (bicyclic) bond motifs is 1. The van der Waals surface area contributed by atoms with E-state index in [1.165, 1.54) is 23.9 Å². The highest BCUT2D eigenvalue weighted by molar-refractivity contribution is 5.95. The van der Waals surface area contributed by atoms with Crippen LogP contribution >= 0.6 is 0 Å². The molecule has 1 heterocycles. The van der Waals surface area contributed by atoms with Crippen molar-refractivity contribution < 1.29 is 14.7 Å². The van der Waals surface area contributed by atoms with Crippen molar-refractivity contribution in [1.29, 1.82) is 0 Å². The predicted octanol–water partition coefficient (Wildman–Crippen LogP) is 3.15. The number of amides is 1. The summed E-state index contributed by atoms with van der Waals surface area (Å²) in [7, 11) is 0. The summed E-state index contributed by atoms with van der Waals surface area (Å²) in [6, 6.07) is 11.0. The van der Waals surface area contributed by atoms with Crippen LogP contribution in [0.1, 0.15) is 63.7 Å². The number of hydrogen-bond acceptors (Lipinski definition) is 3. The molecule has 118 valence electrons. The van der Waals surface area contributed by atoms with Gasteiger partial charge in [0, 0.05) is 6.20 Å². The van der Waals surface area contributed by atoms with E-state index in [9.17, 15) is 9.59 Å². The van der Waals surface area contributed by atoms with E-state index in [0.29, 0.717) is 11.5 Å². The summed E-state index contributed by atoms with van der Waals surface area (Å²) < 4.78 is 0. The Morgan fingerprint density at radius 1 is 1.13 bits per heavy atom. The van der Waals surface area contributed by atoms with Crippen molar-refractivity contribution in [2.75, 3.05) is 0 Å². The van der Waals surface area contributed by atoms with Crippen molar-refractivity contribution in [3.05, 3.63) is 65.0 Å². The van der Waals surface area contributed by atoms with E-state index in [0.717, 1.165) is 18.4 Å². The lowest BCUT2D eigenvalue weighted by molar-refractivity contribution is 0.0689. The van der Waals surface area contributed by atoms with Crippen LogP contribution in [0.5, 0.6) is 0 Å². The SMILES string of the molecule is CC1CCC(NC(=O)c2ccc(C(=O)O)nc2)c2ccccc21. The van der Waals surface area contributed by atoms with Gasteiger partial charge in [0.25, 0.3) is 5.91 Å². The minimum absolute atomic E-state index is 0.0194. The lowest BCUT2D eigenvalue weighted by atomic mass is 9.81. The zero-order valence-electron chi connectivity index (χ0n) is 12.8. The van der Waals surface area contributed by atoms with Crippen LogP contribution in [0.2, 0.25) is 0 Å². The molecule has 0 fully saturated rings. The Balaban J connectivity index is 1.78. The van der Waals surface area contributed by atoms with Crippen LogP contribution < -0.4 is 5.32 Å². The molecule has 2 N–H and O–H groups in total. The second-order valence-electron chi connectivity index (χ2n) is 5.87. The number of hydrogen-bond donors (Lipinski definition) is 2. The first-order valence-corrected chi connectivity index (χ1v) is 7.65. The minimum atomic E-state index is -1.10. The highest BCUT2D eigenvalue weighted by atomic mass is 16.4. The second-order valence-corrected chi connectivity index (χ2v) is 5.87. The molecular weight excluding hydrogens is 292 g/mol. The van der Waals surface area contributed by atoms with E-state index in [1.807, 2.05) is 12.1 Å². The number of carbonyl (C=O) groups is 2. The van der Waals surface area contributed by atoms with E-state index in [4.69, 9.17) is 5.11 Å². The van der Waals surface area contributed by atoms with Gasteiger partial charge in [-0.2, -0.15) is 0 Å². The van der Waals surface area contributed by atoms with Crippen LogP contribution in [0.25, 0.3) is 0 Å². The zero-order valence-corrected chi connectivity index (χ0v) is 12.8. The molecule has 5 heteroatoms. The van der Waals surface area contributed by atoms with Gasteiger partial charge in [0.15, 0.2) is 0 Å². The van der Waals surface area contributed by atoms with Crippen LogP contribution in [0, 0.1) is 0 Å². The molecule has 5 nitrogen and oxygen atoms in total. The van der Waals surface area contributed by atoms with E-state index in [-0.39, 0.29) is 17.6 Å². The molecule has 2 atom stereocenters. The van der Waals surface area contributed by atoms with Gasteiger partial charge in [0.2, 0.25) is 0 Å². The third-order valence-electron chi connectivity index (χ3n) is 4.34. The maximum Gasteiger partial charge on any atom is 0.354 e. The highest BCUT2D eigenvalue weighted by Crippen LogP contribution is 2.37. The summed E-state index contributed by atoms with van der Waals surface area (Å²) in [6.07, 6.45) is 3.22. The number of benzene rings is 1. The van der Waals surface area contributed by atoms with E-state index < -0.39 is 5.97 Å². The third-order valence-corrected chi connectivity index (χ3v) is 4.34. The first-order chi connectivity index (χ1) is 11.1. The van der Waals surface area contributed by atoms with Crippen LogP contribution in [-0.2, 0) is 0 Å². The Bertz CT molecular complexity index is 740. The molecule has 2 aromatic rings. The number of carboxylic acids is 1. The molecule has 1 amide bonds. The van der Waals surface area contributed by atoms with Crippen molar-refractivity contribution in [3.8, 4) is 0 Å². The fraction of sp³-hybridized carbons (Fsp3) is 0.278. The van der Waals surface area contributed by atoms with E-state index in [2.05, 4.69) is 29.4 Å². The molecule has 0 saturated carbocycles. The molecule has 1 aromatic heterocycles. The third kappa shape index (κ3) is 3.08. The zero-order chi connectivity index (χ0) is 16.4. The number of carboxylic acid groups (broad SMARTS) is 1. The van der Waals surface area contributed by atoms with Gasteiger partial charge in [-0.15, -0.1) is 0 Å². The van der Waals surface area contributed by atoms with E-state index in [1.54, 1.807) is 0 Å². The fourth-order valence-electron chi connectivity index (χ4n) is 3.05. The van der Waals surface area contributed by atoms with E-state index >= 15 is 0 Å². The van der Waals surface area contributed by atoms with Gasteiger partial charge in [-0.25, -0.2) is 9.78 Å².